The third-order valence-electron chi connectivity index (χ3n) is 4.92. The number of furan rings is 1. The number of amides is 1. The van der Waals surface area contributed by atoms with Crippen molar-refractivity contribution in [1.82, 2.24) is 5.32 Å². The Hall–Kier alpha value is -3.08. The summed E-state index contributed by atoms with van der Waals surface area (Å²) in [5.74, 6) is -0.178. The quantitative estimate of drug-likeness (QED) is 0.697. The summed E-state index contributed by atoms with van der Waals surface area (Å²) >= 11 is 0. The van der Waals surface area contributed by atoms with Gasteiger partial charge in [-0.1, -0.05) is 24.3 Å². The first-order chi connectivity index (χ1) is 13.1. The molecule has 0 saturated heterocycles. The van der Waals surface area contributed by atoms with Gasteiger partial charge in [0.1, 0.15) is 11.3 Å². The lowest BCUT2D eigenvalue weighted by Crippen LogP contribution is -2.31. The third kappa shape index (κ3) is 3.72. The Morgan fingerprint density at radius 1 is 1.11 bits per heavy atom. The van der Waals surface area contributed by atoms with E-state index in [1.807, 2.05) is 49.4 Å². The molecule has 5 heteroatoms. The molecule has 1 amide bonds. The molecule has 0 aliphatic heterocycles. The molecule has 0 radical (unpaired) electrons. The Morgan fingerprint density at radius 2 is 1.93 bits per heavy atom. The van der Waals surface area contributed by atoms with Gasteiger partial charge in [0.25, 0.3) is 5.91 Å². The molecule has 1 aliphatic carbocycles. The van der Waals surface area contributed by atoms with Crippen LogP contribution < -0.4 is 5.32 Å². The minimum Gasteiger partial charge on any atom is -0.459 e. The number of benzene rings is 2. The van der Waals surface area contributed by atoms with Crippen LogP contribution in [0, 0.1) is 0 Å². The summed E-state index contributed by atoms with van der Waals surface area (Å²) in [7, 11) is 0. The van der Waals surface area contributed by atoms with E-state index in [2.05, 4.69) is 5.32 Å². The standard InChI is InChI=1S/C22H21NO4/c1-14(20-12-17-5-2-3-8-19(17)27-20)23-21(24)13-26-22(25)18-10-9-15-6-4-7-16(15)11-18/h2-3,5,8-12,14H,4,6-7,13H2,1H3,(H,23,24)/t14-/m0/s1. The first-order valence-corrected chi connectivity index (χ1v) is 9.17. The average Bonchev–Trinajstić information content (AvgIpc) is 3.31. The van der Waals surface area contributed by atoms with Gasteiger partial charge in [-0.05, 0) is 61.6 Å². The maximum absolute atomic E-state index is 12.2. The highest BCUT2D eigenvalue weighted by Gasteiger charge is 2.18. The summed E-state index contributed by atoms with van der Waals surface area (Å²) in [4.78, 5) is 24.3. The van der Waals surface area contributed by atoms with Gasteiger partial charge in [-0.3, -0.25) is 4.79 Å². The zero-order valence-corrected chi connectivity index (χ0v) is 15.2. The fraction of sp³-hybridized carbons (Fsp3) is 0.273. The summed E-state index contributed by atoms with van der Waals surface area (Å²) in [6.07, 6.45) is 3.18. The molecule has 1 heterocycles. The number of carbonyl (C=O) groups is 2. The van der Waals surface area contributed by atoms with Gasteiger partial charge in [0.2, 0.25) is 0 Å². The number of carbonyl (C=O) groups excluding carboxylic acids is 2. The molecule has 1 aromatic heterocycles. The molecule has 27 heavy (non-hydrogen) atoms. The number of hydrogen-bond donors (Lipinski definition) is 1. The smallest absolute Gasteiger partial charge is 0.338 e. The molecule has 5 nitrogen and oxygen atoms in total. The molecule has 138 valence electrons. The van der Waals surface area contributed by atoms with Crippen molar-refractivity contribution in [2.24, 2.45) is 0 Å². The number of esters is 1. The fourth-order valence-electron chi connectivity index (χ4n) is 3.48. The van der Waals surface area contributed by atoms with E-state index >= 15 is 0 Å². The predicted molar refractivity (Wildman–Crippen MR) is 102 cm³/mol. The van der Waals surface area contributed by atoms with Gasteiger partial charge < -0.3 is 14.5 Å². The largest absolute Gasteiger partial charge is 0.459 e. The summed E-state index contributed by atoms with van der Waals surface area (Å²) in [6.45, 7) is 1.51. The molecule has 1 aliphatic rings. The number of fused-ring (bicyclic) bond motifs is 2. The van der Waals surface area contributed by atoms with Gasteiger partial charge in [0, 0.05) is 5.39 Å². The third-order valence-corrected chi connectivity index (χ3v) is 4.92. The van der Waals surface area contributed by atoms with E-state index in [-0.39, 0.29) is 18.6 Å². The van der Waals surface area contributed by atoms with Crippen molar-refractivity contribution < 1.29 is 18.7 Å². The number of rotatable bonds is 5. The van der Waals surface area contributed by atoms with Crippen LogP contribution in [0.25, 0.3) is 11.0 Å². The van der Waals surface area contributed by atoms with E-state index < -0.39 is 5.97 Å². The number of hydrogen-bond acceptors (Lipinski definition) is 4. The SMILES string of the molecule is C[C@H](NC(=O)COC(=O)c1ccc2c(c1)CCC2)c1cc2ccccc2o1. The van der Waals surface area contributed by atoms with E-state index in [1.54, 1.807) is 6.07 Å². The van der Waals surface area contributed by atoms with Gasteiger partial charge in [-0.25, -0.2) is 4.79 Å². The average molecular weight is 363 g/mol. The lowest BCUT2D eigenvalue weighted by Gasteiger charge is -2.12. The van der Waals surface area contributed by atoms with Gasteiger partial charge in [-0.15, -0.1) is 0 Å². The first kappa shape index (κ1) is 17.3. The Kier molecular flexibility index (Phi) is 4.67. The second-order valence-corrected chi connectivity index (χ2v) is 6.89. The molecule has 0 saturated carbocycles. The Balaban J connectivity index is 1.33. The minimum atomic E-state index is -0.476. The number of ether oxygens (including phenoxy) is 1. The van der Waals surface area contributed by atoms with Crippen LogP contribution >= 0.6 is 0 Å². The summed E-state index contributed by atoms with van der Waals surface area (Å²) in [5.41, 5.74) is 3.77. The van der Waals surface area contributed by atoms with Crippen LogP contribution in [0.1, 0.15) is 46.6 Å². The Bertz CT molecular complexity index is 971. The van der Waals surface area contributed by atoms with Crippen LogP contribution in [0.2, 0.25) is 0 Å². The molecule has 0 fully saturated rings. The molecule has 1 atom stereocenters. The van der Waals surface area contributed by atoms with Crippen LogP contribution in [0.5, 0.6) is 0 Å². The van der Waals surface area contributed by atoms with Gasteiger partial charge in [0.15, 0.2) is 6.61 Å². The van der Waals surface area contributed by atoms with E-state index in [0.717, 1.165) is 30.2 Å². The normalized spacial score (nSPS) is 14.0. The van der Waals surface area contributed by atoms with Crippen molar-refractivity contribution >= 4 is 22.8 Å². The highest BCUT2D eigenvalue weighted by Crippen LogP contribution is 2.24. The number of nitrogens with one attached hydrogen (secondary N) is 1. The molecule has 4 rings (SSSR count). The second kappa shape index (κ2) is 7.27. The van der Waals surface area contributed by atoms with E-state index in [9.17, 15) is 9.59 Å². The van der Waals surface area contributed by atoms with Crippen molar-refractivity contribution in [2.75, 3.05) is 6.61 Å². The monoisotopic (exact) mass is 363 g/mol. The van der Waals surface area contributed by atoms with Crippen LogP contribution in [0.15, 0.2) is 52.9 Å². The molecular formula is C22H21NO4. The molecule has 1 N–H and O–H groups in total. The maximum Gasteiger partial charge on any atom is 0.338 e. The van der Waals surface area contributed by atoms with E-state index in [1.165, 1.54) is 11.1 Å². The lowest BCUT2D eigenvalue weighted by molar-refractivity contribution is -0.125. The van der Waals surface area contributed by atoms with E-state index in [4.69, 9.17) is 9.15 Å². The molecule has 0 unspecified atom stereocenters. The Labute approximate surface area is 157 Å². The van der Waals surface area contributed by atoms with Crippen molar-refractivity contribution in [3.05, 3.63) is 71.0 Å². The zero-order chi connectivity index (χ0) is 18.8. The first-order valence-electron chi connectivity index (χ1n) is 9.17. The topological polar surface area (TPSA) is 68.5 Å². The van der Waals surface area contributed by atoms with Crippen LogP contribution in [0.4, 0.5) is 0 Å². The van der Waals surface area contributed by atoms with Gasteiger partial charge in [0.05, 0.1) is 11.6 Å². The molecule has 0 bridgehead atoms. The highest BCUT2D eigenvalue weighted by atomic mass is 16.5. The molecule has 3 aromatic rings. The van der Waals surface area contributed by atoms with Crippen LogP contribution in [-0.2, 0) is 22.4 Å². The zero-order valence-electron chi connectivity index (χ0n) is 15.2. The minimum absolute atomic E-state index is 0.316. The summed E-state index contributed by atoms with van der Waals surface area (Å²) in [5, 5.41) is 3.78. The number of para-hydroxylation sites is 1. The number of aryl methyl sites for hydroxylation is 2. The highest BCUT2D eigenvalue weighted by molar-refractivity contribution is 5.91. The molecule has 0 spiro atoms. The lowest BCUT2D eigenvalue weighted by atomic mass is 10.1. The fourth-order valence-corrected chi connectivity index (χ4v) is 3.48. The van der Waals surface area contributed by atoms with E-state index in [0.29, 0.717) is 11.3 Å². The van der Waals surface area contributed by atoms with Crippen LogP contribution in [0.3, 0.4) is 0 Å². The molecule has 2 aromatic carbocycles. The summed E-state index contributed by atoms with van der Waals surface area (Å²) in [6, 6.07) is 14.9. The molecular weight excluding hydrogens is 342 g/mol. The van der Waals surface area contributed by atoms with Crippen molar-refractivity contribution in [3.8, 4) is 0 Å². The van der Waals surface area contributed by atoms with Crippen molar-refractivity contribution in [3.63, 3.8) is 0 Å². The van der Waals surface area contributed by atoms with Gasteiger partial charge >= 0.3 is 5.97 Å². The predicted octanol–water partition coefficient (Wildman–Crippen LogP) is 3.96. The second-order valence-electron chi connectivity index (χ2n) is 6.89. The van der Waals surface area contributed by atoms with Crippen molar-refractivity contribution in [1.29, 1.82) is 0 Å². The maximum atomic E-state index is 12.2. The summed E-state index contributed by atoms with van der Waals surface area (Å²) < 4.78 is 10.9. The Morgan fingerprint density at radius 3 is 2.78 bits per heavy atom. The van der Waals surface area contributed by atoms with Crippen LogP contribution in [-0.4, -0.2) is 18.5 Å². The van der Waals surface area contributed by atoms with Gasteiger partial charge in [-0.2, -0.15) is 0 Å². The van der Waals surface area contributed by atoms with Crippen molar-refractivity contribution in [2.45, 2.75) is 32.2 Å².